The normalized spacial score (nSPS) is 12.8. The standard InChI is InChI=1S/C17H21NO4S/c1-21-16-11-7-6-10-15(16)17(22-2)12-18-23(19,20)13-14-8-4-3-5-9-14/h3-11,17-18H,12-13H2,1-2H3. The van der Waals surface area contributed by atoms with Gasteiger partial charge in [-0.05, 0) is 11.6 Å². The van der Waals surface area contributed by atoms with Crippen molar-refractivity contribution in [1.82, 2.24) is 4.72 Å². The lowest BCUT2D eigenvalue weighted by atomic mass is 10.1. The molecular formula is C17H21NO4S. The van der Waals surface area contributed by atoms with Crippen molar-refractivity contribution in [2.24, 2.45) is 0 Å². The average molecular weight is 335 g/mol. The highest BCUT2D eigenvalue weighted by Gasteiger charge is 2.19. The summed E-state index contributed by atoms with van der Waals surface area (Å²) in [5.74, 6) is 0.609. The molecule has 2 rings (SSSR count). The van der Waals surface area contributed by atoms with Crippen LogP contribution < -0.4 is 9.46 Å². The van der Waals surface area contributed by atoms with Gasteiger partial charge in [0.25, 0.3) is 0 Å². The maximum absolute atomic E-state index is 12.2. The Kier molecular flexibility index (Phi) is 6.15. The van der Waals surface area contributed by atoms with E-state index in [-0.39, 0.29) is 12.3 Å². The van der Waals surface area contributed by atoms with Crippen molar-refractivity contribution in [3.63, 3.8) is 0 Å². The summed E-state index contributed by atoms with van der Waals surface area (Å²) in [5, 5.41) is 0. The van der Waals surface area contributed by atoms with E-state index >= 15 is 0 Å². The Morgan fingerprint density at radius 3 is 2.30 bits per heavy atom. The first kappa shape index (κ1) is 17.5. The number of hydrogen-bond donors (Lipinski definition) is 1. The van der Waals surface area contributed by atoms with Gasteiger partial charge in [0.2, 0.25) is 10.0 Å². The molecule has 0 fully saturated rings. The Hall–Kier alpha value is -1.89. The van der Waals surface area contributed by atoms with Gasteiger partial charge in [-0.25, -0.2) is 13.1 Å². The maximum atomic E-state index is 12.2. The lowest BCUT2D eigenvalue weighted by Gasteiger charge is -2.19. The number of nitrogens with one attached hydrogen (secondary N) is 1. The highest BCUT2D eigenvalue weighted by molar-refractivity contribution is 7.88. The second-order valence-corrected chi connectivity index (χ2v) is 6.87. The molecule has 2 aromatic carbocycles. The molecule has 0 aliphatic carbocycles. The lowest BCUT2D eigenvalue weighted by Crippen LogP contribution is -2.30. The van der Waals surface area contributed by atoms with Gasteiger partial charge in [-0.2, -0.15) is 0 Å². The molecule has 23 heavy (non-hydrogen) atoms. The molecule has 0 saturated heterocycles. The molecule has 124 valence electrons. The molecule has 0 bridgehead atoms. The van der Waals surface area contributed by atoms with Crippen LogP contribution in [-0.2, 0) is 20.5 Å². The molecule has 2 aromatic rings. The van der Waals surface area contributed by atoms with Gasteiger partial charge in [-0.15, -0.1) is 0 Å². The van der Waals surface area contributed by atoms with Crippen LogP contribution in [0.4, 0.5) is 0 Å². The van der Waals surface area contributed by atoms with E-state index in [2.05, 4.69) is 4.72 Å². The SMILES string of the molecule is COc1ccccc1C(CNS(=O)(=O)Cc1ccccc1)OC. The highest BCUT2D eigenvalue weighted by Crippen LogP contribution is 2.26. The summed E-state index contributed by atoms with van der Waals surface area (Å²) < 4.78 is 37.7. The fraction of sp³-hybridized carbons (Fsp3) is 0.294. The first-order valence-corrected chi connectivity index (χ1v) is 8.88. The van der Waals surface area contributed by atoms with E-state index in [1.54, 1.807) is 26.4 Å². The molecule has 5 nitrogen and oxygen atoms in total. The monoisotopic (exact) mass is 335 g/mol. The van der Waals surface area contributed by atoms with Crippen LogP contribution in [0.15, 0.2) is 54.6 Å². The van der Waals surface area contributed by atoms with Crippen LogP contribution in [0, 0.1) is 0 Å². The second-order valence-electron chi connectivity index (χ2n) is 5.06. The minimum atomic E-state index is -3.44. The Bertz CT molecular complexity index is 716. The molecule has 0 radical (unpaired) electrons. The van der Waals surface area contributed by atoms with E-state index in [4.69, 9.17) is 9.47 Å². The molecule has 0 aliphatic heterocycles. The van der Waals surface area contributed by atoms with Gasteiger partial charge in [-0.3, -0.25) is 0 Å². The summed E-state index contributed by atoms with van der Waals surface area (Å²) in [5.41, 5.74) is 1.55. The number of ether oxygens (including phenoxy) is 2. The number of benzene rings is 2. The van der Waals surface area contributed by atoms with Crippen LogP contribution in [0.5, 0.6) is 5.75 Å². The topological polar surface area (TPSA) is 64.6 Å². The Balaban J connectivity index is 2.05. The third-order valence-electron chi connectivity index (χ3n) is 3.46. The number of para-hydroxylation sites is 1. The van der Waals surface area contributed by atoms with E-state index in [0.29, 0.717) is 5.75 Å². The predicted octanol–water partition coefficient (Wildman–Crippen LogP) is 2.50. The Morgan fingerprint density at radius 1 is 1.00 bits per heavy atom. The van der Waals surface area contributed by atoms with Gasteiger partial charge in [0.1, 0.15) is 5.75 Å². The summed E-state index contributed by atoms with van der Waals surface area (Å²) in [6.07, 6.45) is -0.420. The molecule has 0 amide bonds. The van der Waals surface area contributed by atoms with Crippen molar-refractivity contribution in [1.29, 1.82) is 0 Å². The third-order valence-corrected chi connectivity index (χ3v) is 4.78. The minimum Gasteiger partial charge on any atom is -0.496 e. The molecule has 1 atom stereocenters. The quantitative estimate of drug-likeness (QED) is 0.805. The zero-order valence-electron chi connectivity index (χ0n) is 13.2. The van der Waals surface area contributed by atoms with Crippen molar-refractivity contribution in [3.05, 3.63) is 65.7 Å². The van der Waals surface area contributed by atoms with Crippen molar-refractivity contribution in [3.8, 4) is 5.75 Å². The number of rotatable bonds is 8. The van der Waals surface area contributed by atoms with E-state index < -0.39 is 16.1 Å². The maximum Gasteiger partial charge on any atom is 0.215 e. The summed E-state index contributed by atoms with van der Waals surface area (Å²) >= 11 is 0. The molecule has 1 unspecified atom stereocenters. The zero-order chi connectivity index (χ0) is 16.7. The molecule has 0 spiro atoms. The highest BCUT2D eigenvalue weighted by atomic mass is 32.2. The van der Waals surface area contributed by atoms with Crippen LogP contribution in [0.1, 0.15) is 17.2 Å². The van der Waals surface area contributed by atoms with E-state index in [1.165, 1.54) is 0 Å². The smallest absolute Gasteiger partial charge is 0.215 e. The van der Waals surface area contributed by atoms with Crippen molar-refractivity contribution in [2.45, 2.75) is 11.9 Å². The van der Waals surface area contributed by atoms with Gasteiger partial charge in [-0.1, -0.05) is 48.5 Å². The van der Waals surface area contributed by atoms with Gasteiger partial charge in [0.05, 0.1) is 19.0 Å². The van der Waals surface area contributed by atoms with Crippen molar-refractivity contribution < 1.29 is 17.9 Å². The number of hydrogen-bond acceptors (Lipinski definition) is 4. The molecule has 1 N–H and O–H groups in total. The van der Waals surface area contributed by atoms with E-state index in [9.17, 15) is 8.42 Å². The summed E-state index contributed by atoms with van der Waals surface area (Å²) in [6.45, 7) is 0.145. The van der Waals surface area contributed by atoms with Crippen molar-refractivity contribution in [2.75, 3.05) is 20.8 Å². The van der Waals surface area contributed by atoms with Gasteiger partial charge >= 0.3 is 0 Å². The number of methoxy groups -OCH3 is 2. The Labute approximate surface area is 137 Å². The van der Waals surface area contributed by atoms with Crippen LogP contribution in [0.2, 0.25) is 0 Å². The van der Waals surface area contributed by atoms with Crippen LogP contribution in [-0.4, -0.2) is 29.2 Å². The molecule has 0 aliphatic rings. The zero-order valence-corrected chi connectivity index (χ0v) is 14.0. The minimum absolute atomic E-state index is 0.0593. The lowest BCUT2D eigenvalue weighted by molar-refractivity contribution is 0.105. The molecule has 0 saturated carbocycles. The van der Waals surface area contributed by atoms with Crippen LogP contribution in [0.25, 0.3) is 0 Å². The largest absolute Gasteiger partial charge is 0.496 e. The fourth-order valence-corrected chi connectivity index (χ4v) is 3.44. The summed E-state index contributed by atoms with van der Waals surface area (Å²) in [4.78, 5) is 0. The number of sulfonamides is 1. The Morgan fingerprint density at radius 2 is 1.65 bits per heavy atom. The summed E-state index contributed by atoms with van der Waals surface area (Å²) in [7, 11) is -0.319. The predicted molar refractivity (Wildman–Crippen MR) is 89.8 cm³/mol. The van der Waals surface area contributed by atoms with Gasteiger partial charge in [0, 0.05) is 19.2 Å². The van der Waals surface area contributed by atoms with Gasteiger partial charge < -0.3 is 9.47 Å². The second kappa shape index (κ2) is 8.10. The third kappa shape index (κ3) is 5.06. The first-order chi connectivity index (χ1) is 11.1. The van der Waals surface area contributed by atoms with E-state index in [1.807, 2.05) is 42.5 Å². The average Bonchev–Trinajstić information content (AvgIpc) is 2.56. The van der Waals surface area contributed by atoms with Crippen LogP contribution in [0.3, 0.4) is 0 Å². The van der Waals surface area contributed by atoms with Crippen LogP contribution >= 0.6 is 0 Å². The van der Waals surface area contributed by atoms with Crippen molar-refractivity contribution >= 4 is 10.0 Å². The van der Waals surface area contributed by atoms with Gasteiger partial charge in [0.15, 0.2) is 0 Å². The van der Waals surface area contributed by atoms with E-state index in [0.717, 1.165) is 11.1 Å². The first-order valence-electron chi connectivity index (χ1n) is 7.22. The fourth-order valence-electron chi connectivity index (χ4n) is 2.30. The molecule has 6 heteroatoms. The summed E-state index contributed by atoms with van der Waals surface area (Å²) in [6, 6.07) is 16.5. The molecule has 0 heterocycles. The molecule has 0 aromatic heterocycles. The molecular weight excluding hydrogens is 314 g/mol.